The van der Waals surface area contributed by atoms with Crippen molar-refractivity contribution in [3.05, 3.63) is 35.6 Å². The van der Waals surface area contributed by atoms with Crippen LogP contribution in [0.15, 0.2) is 35.5 Å². The fourth-order valence-corrected chi connectivity index (χ4v) is 1.74. The van der Waals surface area contributed by atoms with E-state index in [-0.39, 0.29) is 16.7 Å². The number of nitrogens with zero attached hydrogens (tertiary/aromatic N) is 2. The summed E-state index contributed by atoms with van der Waals surface area (Å²) >= 11 is 7.58. The third kappa shape index (κ3) is 2.81. The van der Waals surface area contributed by atoms with Crippen LogP contribution < -0.4 is 10.5 Å². The van der Waals surface area contributed by atoms with E-state index in [0.29, 0.717) is 5.75 Å². The number of nitrogen functional groups attached to an aromatic ring is 1. The minimum atomic E-state index is 0.206. The normalized spacial score (nSPS) is 10.2. The Hall–Kier alpha value is -1.46. The summed E-state index contributed by atoms with van der Waals surface area (Å²) in [6.07, 6.45) is 3.32. The SMILES string of the molecule is CSc1ccc(Oc2ncnc(N)c2Cl)cc1. The highest BCUT2D eigenvalue weighted by Gasteiger charge is 2.08. The molecule has 0 atom stereocenters. The number of ether oxygens (including phenoxy) is 1. The standard InChI is InChI=1S/C11H10ClN3OS/c1-17-8-4-2-7(3-5-8)16-11-9(12)10(13)14-6-15-11/h2-6H,1H3,(H2,13,14,15). The zero-order valence-corrected chi connectivity index (χ0v) is 10.6. The van der Waals surface area contributed by atoms with Gasteiger partial charge in [-0.05, 0) is 30.5 Å². The van der Waals surface area contributed by atoms with Crippen LogP contribution in [0.2, 0.25) is 5.02 Å². The van der Waals surface area contributed by atoms with Crippen molar-refractivity contribution < 1.29 is 4.74 Å². The molecule has 2 rings (SSSR count). The summed E-state index contributed by atoms with van der Waals surface area (Å²) < 4.78 is 5.52. The van der Waals surface area contributed by atoms with Crippen molar-refractivity contribution in [1.82, 2.24) is 9.97 Å². The fraction of sp³-hybridized carbons (Fsp3) is 0.0909. The van der Waals surface area contributed by atoms with Crippen molar-refractivity contribution in [2.24, 2.45) is 0 Å². The van der Waals surface area contributed by atoms with E-state index in [4.69, 9.17) is 22.1 Å². The van der Waals surface area contributed by atoms with E-state index in [1.807, 2.05) is 30.5 Å². The average molecular weight is 268 g/mol. The lowest BCUT2D eigenvalue weighted by atomic mass is 10.3. The summed E-state index contributed by atoms with van der Waals surface area (Å²) in [7, 11) is 0. The Labute approximate surface area is 108 Å². The van der Waals surface area contributed by atoms with Crippen molar-refractivity contribution in [2.75, 3.05) is 12.0 Å². The van der Waals surface area contributed by atoms with Crippen LogP contribution in [-0.2, 0) is 0 Å². The highest BCUT2D eigenvalue weighted by molar-refractivity contribution is 7.98. The monoisotopic (exact) mass is 267 g/mol. The summed E-state index contributed by atoms with van der Waals surface area (Å²) in [4.78, 5) is 8.84. The number of thioether (sulfide) groups is 1. The van der Waals surface area contributed by atoms with Gasteiger partial charge in [-0.1, -0.05) is 11.6 Å². The number of benzene rings is 1. The molecular formula is C11H10ClN3OS. The molecule has 0 aliphatic heterocycles. The van der Waals surface area contributed by atoms with Crippen LogP contribution in [0.5, 0.6) is 11.6 Å². The summed E-state index contributed by atoms with van der Waals surface area (Å²) in [5.74, 6) is 1.12. The van der Waals surface area contributed by atoms with Crippen LogP contribution in [0.3, 0.4) is 0 Å². The Balaban J connectivity index is 2.22. The molecule has 0 spiro atoms. The van der Waals surface area contributed by atoms with Crippen LogP contribution in [0, 0.1) is 0 Å². The molecule has 88 valence electrons. The summed E-state index contributed by atoms with van der Waals surface area (Å²) in [6, 6.07) is 7.61. The highest BCUT2D eigenvalue weighted by Crippen LogP contribution is 2.30. The average Bonchev–Trinajstić information content (AvgIpc) is 2.36. The first-order valence-electron chi connectivity index (χ1n) is 4.78. The first-order chi connectivity index (χ1) is 8.20. The molecule has 0 saturated carbocycles. The van der Waals surface area contributed by atoms with Gasteiger partial charge in [-0.3, -0.25) is 0 Å². The number of rotatable bonds is 3. The fourth-order valence-electron chi connectivity index (χ4n) is 1.19. The van der Waals surface area contributed by atoms with Crippen molar-refractivity contribution in [3.8, 4) is 11.6 Å². The van der Waals surface area contributed by atoms with Gasteiger partial charge in [-0.15, -0.1) is 11.8 Å². The third-order valence-electron chi connectivity index (χ3n) is 2.06. The summed E-state index contributed by atoms with van der Waals surface area (Å²) in [6.45, 7) is 0. The van der Waals surface area contributed by atoms with Gasteiger partial charge in [-0.25, -0.2) is 4.98 Å². The zero-order chi connectivity index (χ0) is 12.3. The van der Waals surface area contributed by atoms with E-state index < -0.39 is 0 Å². The summed E-state index contributed by atoms with van der Waals surface area (Å²) in [5, 5.41) is 0.224. The van der Waals surface area contributed by atoms with Gasteiger partial charge < -0.3 is 10.5 Å². The van der Waals surface area contributed by atoms with Crippen molar-refractivity contribution in [2.45, 2.75) is 4.90 Å². The Morgan fingerprint density at radius 3 is 2.59 bits per heavy atom. The molecule has 0 amide bonds. The molecule has 0 fully saturated rings. The van der Waals surface area contributed by atoms with E-state index in [1.165, 1.54) is 6.33 Å². The highest BCUT2D eigenvalue weighted by atomic mass is 35.5. The molecule has 0 saturated heterocycles. The molecule has 2 N–H and O–H groups in total. The van der Waals surface area contributed by atoms with Gasteiger partial charge in [0.2, 0.25) is 5.88 Å². The molecule has 1 heterocycles. The lowest BCUT2D eigenvalue weighted by Gasteiger charge is -2.07. The lowest BCUT2D eigenvalue weighted by molar-refractivity contribution is 0.462. The molecule has 4 nitrogen and oxygen atoms in total. The van der Waals surface area contributed by atoms with Crippen LogP contribution in [0.1, 0.15) is 0 Å². The smallest absolute Gasteiger partial charge is 0.243 e. The van der Waals surface area contributed by atoms with Crippen LogP contribution in [0.4, 0.5) is 5.82 Å². The number of hydrogen-bond acceptors (Lipinski definition) is 5. The maximum atomic E-state index is 5.92. The maximum Gasteiger partial charge on any atom is 0.243 e. The van der Waals surface area contributed by atoms with E-state index in [0.717, 1.165) is 4.90 Å². The van der Waals surface area contributed by atoms with Gasteiger partial charge in [-0.2, -0.15) is 4.98 Å². The molecule has 2 aromatic rings. The number of hydrogen-bond donors (Lipinski definition) is 1. The molecule has 1 aromatic carbocycles. The first-order valence-corrected chi connectivity index (χ1v) is 6.39. The molecule has 0 bridgehead atoms. The van der Waals surface area contributed by atoms with Gasteiger partial charge in [0, 0.05) is 4.90 Å². The number of nitrogens with two attached hydrogens (primary N) is 1. The van der Waals surface area contributed by atoms with Crippen molar-refractivity contribution in [3.63, 3.8) is 0 Å². The zero-order valence-electron chi connectivity index (χ0n) is 9.05. The van der Waals surface area contributed by atoms with Gasteiger partial charge >= 0.3 is 0 Å². The lowest BCUT2D eigenvalue weighted by Crippen LogP contribution is -1.96. The second-order valence-corrected chi connectivity index (χ2v) is 4.41. The number of anilines is 1. The van der Waals surface area contributed by atoms with Gasteiger partial charge in [0.1, 0.15) is 22.9 Å². The van der Waals surface area contributed by atoms with E-state index in [2.05, 4.69) is 9.97 Å². The maximum absolute atomic E-state index is 5.92. The van der Waals surface area contributed by atoms with E-state index >= 15 is 0 Å². The molecular weight excluding hydrogens is 258 g/mol. The number of aromatic nitrogens is 2. The minimum absolute atomic E-state index is 0.206. The second kappa shape index (κ2) is 5.25. The molecule has 0 radical (unpaired) electrons. The summed E-state index contributed by atoms with van der Waals surface area (Å²) in [5.41, 5.74) is 5.55. The minimum Gasteiger partial charge on any atom is -0.437 e. The molecule has 0 aliphatic rings. The quantitative estimate of drug-likeness (QED) is 0.865. The van der Waals surface area contributed by atoms with Gasteiger partial charge in [0.15, 0.2) is 0 Å². The topological polar surface area (TPSA) is 61.0 Å². The number of halogens is 1. The Morgan fingerprint density at radius 1 is 1.24 bits per heavy atom. The Bertz CT molecular complexity index is 519. The third-order valence-corrected chi connectivity index (χ3v) is 3.16. The largest absolute Gasteiger partial charge is 0.437 e. The van der Waals surface area contributed by atoms with Crippen LogP contribution in [-0.4, -0.2) is 16.2 Å². The van der Waals surface area contributed by atoms with Crippen LogP contribution in [0.25, 0.3) is 0 Å². The Kier molecular flexibility index (Phi) is 3.71. The van der Waals surface area contributed by atoms with Gasteiger partial charge in [0.05, 0.1) is 0 Å². The molecule has 17 heavy (non-hydrogen) atoms. The first kappa shape index (κ1) is 12.0. The molecule has 0 unspecified atom stereocenters. The second-order valence-electron chi connectivity index (χ2n) is 3.16. The van der Waals surface area contributed by atoms with Gasteiger partial charge in [0.25, 0.3) is 0 Å². The Morgan fingerprint density at radius 2 is 1.94 bits per heavy atom. The molecule has 6 heteroatoms. The van der Waals surface area contributed by atoms with Crippen LogP contribution >= 0.6 is 23.4 Å². The molecule has 1 aromatic heterocycles. The predicted molar refractivity (Wildman–Crippen MR) is 69.8 cm³/mol. The van der Waals surface area contributed by atoms with E-state index in [1.54, 1.807) is 11.8 Å². The van der Waals surface area contributed by atoms with E-state index in [9.17, 15) is 0 Å². The predicted octanol–water partition coefficient (Wildman–Crippen LogP) is 3.23. The van der Waals surface area contributed by atoms with Crippen molar-refractivity contribution >= 4 is 29.2 Å². The molecule has 0 aliphatic carbocycles. The van der Waals surface area contributed by atoms with Crippen molar-refractivity contribution in [1.29, 1.82) is 0 Å².